The molecule has 1 aliphatic heterocycles. The fourth-order valence-electron chi connectivity index (χ4n) is 3.73. The molecule has 2 rings (SSSR count). The molecule has 31 heavy (non-hydrogen) atoms. The van der Waals surface area contributed by atoms with Gasteiger partial charge < -0.3 is 20.9 Å². The van der Waals surface area contributed by atoms with Gasteiger partial charge in [-0.25, -0.2) is 0 Å². The molecule has 0 aromatic carbocycles. The van der Waals surface area contributed by atoms with Crippen LogP contribution in [0.15, 0.2) is 6.08 Å². The molecule has 0 amide bonds. The molecule has 9 heteroatoms. The zero-order chi connectivity index (χ0) is 22.7. The Kier molecular flexibility index (Phi) is 10.9. The lowest BCUT2D eigenvalue weighted by Gasteiger charge is -2.41. The summed E-state index contributed by atoms with van der Waals surface area (Å²) in [5.41, 5.74) is 13.4. The van der Waals surface area contributed by atoms with Crippen LogP contribution < -0.4 is 16.2 Å². The van der Waals surface area contributed by atoms with Crippen molar-refractivity contribution in [2.75, 3.05) is 33.3 Å². The first-order valence-electron chi connectivity index (χ1n) is 11.6. The van der Waals surface area contributed by atoms with Crippen molar-refractivity contribution in [3.05, 3.63) is 11.8 Å². The standard InChI is InChI=1S/C22H40N5O3S/c1-4-5-6-9-15-29-21-20(25-31-26-21)18-11-10-14-27(3,16-18)17(2)30-22(28)19(24)12-7-8-13-23/h11,17,19H,4-10,12-16,23-24H2,1-3H3/q+1/t17-,19-,27?/m0/s1. The van der Waals surface area contributed by atoms with Gasteiger partial charge in [-0.05, 0) is 25.8 Å². The predicted molar refractivity (Wildman–Crippen MR) is 124 cm³/mol. The van der Waals surface area contributed by atoms with E-state index in [1.807, 2.05) is 6.92 Å². The smallest absolute Gasteiger partial charge is 0.327 e. The van der Waals surface area contributed by atoms with Gasteiger partial charge in [0.25, 0.3) is 5.88 Å². The molecule has 0 bridgehead atoms. The van der Waals surface area contributed by atoms with Gasteiger partial charge in [0, 0.05) is 18.9 Å². The number of esters is 1. The van der Waals surface area contributed by atoms with Gasteiger partial charge in [0.05, 0.1) is 31.9 Å². The number of nitrogens with two attached hydrogens (primary N) is 2. The number of carbonyl (C=O) groups excluding carboxylic acids is 1. The van der Waals surface area contributed by atoms with E-state index < -0.39 is 6.04 Å². The lowest BCUT2D eigenvalue weighted by atomic mass is 10.0. The summed E-state index contributed by atoms with van der Waals surface area (Å²) in [6.07, 6.45) is 9.68. The largest absolute Gasteiger partial charge is 0.475 e. The van der Waals surface area contributed by atoms with E-state index in [0.717, 1.165) is 49.9 Å². The first-order valence-corrected chi connectivity index (χ1v) is 12.3. The number of rotatable bonds is 14. The van der Waals surface area contributed by atoms with Crippen LogP contribution in [0.2, 0.25) is 0 Å². The van der Waals surface area contributed by atoms with Gasteiger partial charge in [-0.1, -0.05) is 38.7 Å². The van der Waals surface area contributed by atoms with Crippen LogP contribution in [-0.2, 0) is 9.53 Å². The van der Waals surface area contributed by atoms with Gasteiger partial charge in [0.1, 0.15) is 18.3 Å². The van der Waals surface area contributed by atoms with E-state index >= 15 is 0 Å². The average molecular weight is 455 g/mol. The van der Waals surface area contributed by atoms with Crippen LogP contribution in [0.1, 0.15) is 70.9 Å². The Morgan fingerprint density at radius 3 is 2.81 bits per heavy atom. The van der Waals surface area contributed by atoms with Crippen LogP contribution in [0.25, 0.3) is 5.57 Å². The van der Waals surface area contributed by atoms with Gasteiger partial charge in [0.15, 0.2) is 0 Å². The Labute approximate surface area is 190 Å². The highest BCUT2D eigenvalue weighted by molar-refractivity contribution is 6.99. The average Bonchev–Trinajstić information content (AvgIpc) is 3.22. The van der Waals surface area contributed by atoms with Gasteiger partial charge in [-0.3, -0.25) is 9.28 Å². The van der Waals surface area contributed by atoms with Crippen LogP contribution in [0.4, 0.5) is 0 Å². The summed E-state index contributed by atoms with van der Waals surface area (Å²) in [6, 6.07) is -0.601. The van der Waals surface area contributed by atoms with Crippen molar-refractivity contribution in [3.63, 3.8) is 0 Å². The summed E-state index contributed by atoms with van der Waals surface area (Å²) in [5.74, 6) is 0.277. The molecule has 0 saturated carbocycles. The lowest BCUT2D eigenvalue weighted by Crippen LogP contribution is -2.56. The van der Waals surface area contributed by atoms with Gasteiger partial charge in [0.2, 0.25) is 6.23 Å². The summed E-state index contributed by atoms with van der Waals surface area (Å²) < 4.78 is 21.1. The number of likely N-dealkylation sites (N-methyl/N-ethyl adjacent to an activating group) is 1. The van der Waals surface area contributed by atoms with Gasteiger partial charge in [-0.2, -0.15) is 4.37 Å². The van der Waals surface area contributed by atoms with E-state index in [9.17, 15) is 4.79 Å². The molecular weight excluding hydrogens is 414 g/mol. The topological polar surface area (TPSA) is 113 Å². The third-order valence-electron chi connectivity index (χ3n) is 6.00. The minimum Gasteiger partial charge on any atom is -0.475 e. The molecular formula is C22H40N5O3S+. The fourth-order valence-corrected chi connectivity index (χ4v) is 4.26. The minimum atomic E-state index is -0.601. The van der Waals surface area contributed by atoms with Crippen LogP contribution in [-0.4, -0.2) is 64.8 Å². The van der Waals surface area contributed by atoms with Crippen molar-refractivity contribution in [3.8, 4) is 5.88 Å². The Morgan fingerprint density at radius 1 is 1.26 bits per heavy atom. The van der Waals surface area contributed by atoms with Crippen molar-refractivity contribution < 1.29 is 18.8 Å². The van der Waals surface area contributed by atoms with Crippen molar-refractivity contribution in [2.24, 2.45) is 11.5 Å². The van der Waals surface area contributed by atoms with E-state index in [0.29, 0.717) is 36.5 Å². The second kappa shape index (κ2) is 13.1. The zero-order valence-electron chi connectivity index (χ0n) is 19.3. The maximum atomic E-state index is 12.4. The molecule has 0 saturated heterocycles. The second-order valence-corrected chi connectivity index (χ2v) is 9.16. The number of unbranched alkanes of at least 4 members (excludes halogenated alkanes) is 4. The first kappa shape index (κ1) is 25.7. The molecule has 1 aliphatic rings. The SMILES string of the molecule is CCCCCCOc1nsnc1C1=CCC[N+](C)([C@H](C)OC(=O)[C@@H](N)CCCCN)C1. The molecule has 4 N–H and O–H groups in total. The first-order chi connectivity index (χ1) is 14.9. The number of hydrogen-bond acceptors (Lipinski definition) is 8. The number of nitrogens with zero attached hydrogens (tertiary/aromatic N) is 3. The third-order valence-corrected chi connectivity index (χ3v) is 6.51. The van der Waals surface area contributed by atoms with Crippen LogP contribution in [0.3, 0.4) is 0 Å². The number of carbonyl (C=O) groups is 1. The molecule has 1 aromatic heterocycles. The molecule has 176 valence electrons. The molecule has 2 heterocycles. The second-order valence-electron chi connectivity index (χ2n) is 8.63. The van der Waals surface area contributed by atoms with Crippen LogP contribution in [0, 0.1) is 0 Å². The number of aromatic nitrogens is 2. The van der Waals surface area contributed by atoms with Crippen LogP contribution >= 0.6 is 11.7 Å². The fraction of sp³-hybridized carbons (Fsp3) is 0.773. The molecule has 0 spiro atoms. The number of hydrogen-bond donors (Lipinski definition) is 2. The third kappa shape index (κ3) is 7.82. The normalized spacial score (nSPS) is 20.7. The van der Waals surface area contributed by atoms with Crippen molar-refractivity contribution in [1.82, 2.24) is 8.75 Å². The Bertz CT molecular complexity index is 711. The van der Waals surface area contributed by atoms with Crippen molar-refractivity contribution in [2.45, 2.75) is 77.5 Å². The molecule has 8 nitrogen and oxygen atoms in total. The molecule has 3 atom stereocenters. The quantitative estimate of drug-likeness (QED) is 0.252. The molecule has 0 aliphatic carbocycles. The maximum absolute atomic E-state index is 12.4. The number of quaternary nitrogens is 1. The van der Waals surface area contributed by atoms with E-state index in [-0.39, 0.29) is 12.2 Å². The Hall–Kier alpha value is -1.55. The lowest BCUT2D eigenvalue weighted by molar-refractivity contribution is -0.944. The summed E-state index contributed by atoms with van der Waals surface area (Å²) in [6.45, 7) is 6.99. The molecule has 1 unspecified atom stereocenters. The summed E-state index contributed by atoms with van der Waals surface area (Å²) in [5, 5.41) is 0. The Balaban J connectivity index is 1.94. The predicted octanol–water partition coefficient (Wildman–Crippen LogP) is 3.08. The van der Waals surface area contributed by atoms with Gasteiger partial charge in [-0.15, -0.1) is 4.37 Å². The van der Waals surface area contributed by atoms with Gasteiger partial charge >= 0.3 is 5.97 Å². The Morgan fingerprint density at radius 2 is 2.06 bits per heavy atom. The molecule has 1 aromatic rings. The highest BCUT2D eigenvalue weighted by Gasteiger charge is 2.37. The van der Waals surface area contributed by atoms with E-state index in [4.69, 9.17) is 20.9 Å². The van der Waals surface area contributed by atoms with Crippen molar-refractivity contribution >= 4 is 23.3 Å². The van der Waals surface area contributed by atoms with E-state index in [2.05, 4.69) is 28.8 Å². The molecule has 0 fully saturated rings. The maximum Gasteiger partial charge on any atom is 0.327 e. The summed E-state index contributed by atoms with van der Waals surface area (Å²) in [4.78, 5) is 12.4. The van der Waals surface area contributed by atoms with Crippen molar-refractivity contribution in [1.29, 1.82) is 0 Å². The summed E-state index contributed by atoms with van der Waals surface area (Å²) in [7, 11) is 2.11. The molecule has 0 radical (unpaired) electrons. The van der Waals surface area contributed by atoms with E-state index in [1.54, 1.807) is 0 Å². The zero-order valence-corrected chi connectivity index (χ0v) is 20.2. The monoisotopic (exact) mass is 454 g/mol. The summed E-state index contributed by atoms with van der Waals surface area (Å²) >= 11 is 1.18. The minimum absolute atomic E-state index is 0.304. The highest BCUT2D eigenvalue weighted by Crippen LogP contribution is 2.31. The van der Waals surface area contributed by atoms with E-state index in [1.165, 1.54) is 24.6 Å². The highest BCUT2D eigenvalue weighted by atomic mass is 32.1. The number of ether oxygens (including phenoxy) is 2. The van der Waals surface area contributed by atoms with Crippen LogP contribution in [0.5, 0.6) is 5.88 Å².